The zero-order valence-corrected chi connectivity index (χ0v) is 44.6. The highest BCUT2D eigenvalue weighted by Gasteiger charge is 2.24. The molecular weight excluding hydrogens is 815 g/mol. The zero-order valence-electron chi connectivity index (χ0n) is 44.6. The number of carbonyl (C=O) groups excluding carboxylic acids is 2. The number of unbranched alkanes of at least 4 members (excludes halogenated alkanes) is 38. The second-order valence-electron chi connectivity index (χ2n) is 20.4. The number of hydrogen-bond acceptors (Lipinski definition) is 5. The van der Waals surface area contributed by atoms with Crippen molar-refractivity contribution in [2.24, 2.45) is 0 Å². The summed E-state index contributed by atoms with van der Waals surface area (Å²) in [4.78, 5) is 26.3. The minimum atomic E-state index is -0.789. The van der Waals surface area contributed by atoms with E-state index in [4.69, 9.17) is 4.74 Å². The van der Waals surface area contributed by atoms with E-state index < -0.39 is 18.2 Å². The minimum absolute atomic E-state index is 0.0742. The van der Waals surface area contributed by atoms with Gasteiger partial charge in [-0.25, -0.2) is 0 Å². The van der Waals surface area contributed by atoms with E-state index in [2.05, 4.69) is 50.4 Å². The molecule has 1 amide bonds. The maximum Gasteiger partial charge on any atom is 0.306 e. The summed E-state index contributed by atoms with van der Waals surface area (Å²) in [7, 11) is 0. The number of hydrogen-bond donors (Lipinski definition) is 3. The first-order valence-corrected chi connectivity index (χ1v) is 29.6. The van der Waals surface area contributed by atoms with Gasteiger partial charge >= 0.3 is 5.97 Å². The lowest BCUT2D eigenvalue weighted by Crippen LogP contribution is -2.46. The number of amides is 1. The Labute approximate surface area is 411 Å². The molecule has 3 N–H and O–H groups in total. The van der Waals surface area contributed by atoms with Crippen LogP contribution in [0.1, 0.15) is 323 Å². The number of ether oxygens (including phenoxy) is 1. The number of esters is 1. The molecule has 66 heavy (non-hydrogen) atoms. The van der Waals surface area contributed by atoms with Crippen LogP contribution in [0.2, 0.25) is 0 Å². The molecule has 6 nitrogen and oxygen atoms in total. The number of rotatable bonds is 54. The topological polar surface area (TPSA) is 95.9 Å². The number of nitrogens with one attached hydrogen (secondary N) is 1. The number of aliphatic hydroxyl groups excluding tert-OH is 2. The standard InChI is InChI=1S/C60H115NO5/c1-4-7-10-13-16-19-22-25-28-29-32-34-37-40-43-46-49-52-58(63)57(55-62)61-59(64)54-56(51-48-45-42-39-36-33-30-26-23-20-17-14-11-8-5-2)66-60(65)53-50-47-44-41-38-35-31-27-24-21-18-15-12-9-6-3/h17,20,26,30,56-58,62-63H,4-16,18-19,21-25,27-29,31-55H2,1-3H3,(H,61,64)/b20-17-,30-26-. The fourth-order valence-electron chi connectivity index (χ4n) is 9.29. The van der Waals surface area contributed by atoms with Crippen LogP contribution in [0, 0.1) is 0 Å². The van der Waals surface area contributed by atoms with Gasteiger partial charge in [0.1, 0.15) is 6.10 Å². The Balaban J connectivity index is 4.51. The molecule has 0 saturated heterocycles. The fraction of sp³-hybridized carbons (Fsp3) is 0.900. The molecule has 0 radical (unpaired) electrons. The van der Waals surface area contributed by atoms with Crippen molar-refractivity contribution in [3.63, 3.8) is 0 Å². The smallest absolute Gasteiger partial charge is 0.306 e. The van der Waals surface area contributed by atoms with Crippen LogP contribution in [-0.2, 0) is 14.3 Å². The SMILES string of the molecule is CCCCC/C=C\C/C=C\CCCCCCCC(CC(=O)NC(CO)C(O)CCCCCCCCCCCCCCCCCCC)OC(=O)CCCCCCCCCCCCCCCCC. The molecule has 0 aromatic rings. The van der Waals surface area contributed by atoms with Crippen molar-refractivity contribution in [1.82, 2.24) is 5.32 Å². The van der Waals surface area contributed by atoms with E-state index in [9.17, 15) is 19.8 Å². The third-order valence-corrected chi connectivity index (χ3v) is 13.8. The second-order valence-corrected chi connectivity index (χ2v) is 20.4. The Morgan fingerprint density at radius 2 is 0.773 bits per heavy atom. The van der Waals surface area contributed by atoms with Crippen LogP contribution in [-0.4, -0.2) is 46.9 Å². The van der Waals surface area contributed by atoms with Gasteiger partial charge in [0, 0.05) is 6.42 Å². The van der Waals surface area contributed by atoms with E-state index in [1.807, 2.05) is 0 Å². The van der Waals surface area contributed by atoms with E-state index in [1.165, 1.54) is 212 Å². The second kappa shape index (κ2) is 54.3. The maximum atomic E-state index is 13.3. The molecule has 0 bridgehead atoms. The van der Waals surface area contributed by atoms with Gasteiger partial charge in [-0.1, -0.05) is 276 Å². The zero-order chi connectivity index (χ0) is 48.1. The predicted octanol–water partition coefficient (Wildman–Crippen LogP) is 18.2. The van der Waals surface area contributed by atoms with Crippen LogP contribution in [0.4, 0.5) is 0 Å². The summed E-state index contributed by atoms with van der Waals surface area (Å²) in [5.74, 6) is -0.467. The predicted molar refractivity (Wildman–Crippen MR) is 287 cm³/mol. The lowest BCUT2D eigenvalue weighted by atomic mass is 10.0. The lowest BCUT2D eigenvalue weighted by Gasteiger charge is -2.24. The Morgan fingerprint density at radius 1 is 0.439 bits per heavy atom. The highest BCUT2D eigenvalue weighted by atomic mass is 16.5. The molecule has 0 heterocycles. The fourth-order valence-corrected chi connectivity index (χ4v) is 9.29. The van der Waals surface area contributed by atoms with Crippen molar-refractivity contribution in [2.45, 2.75) is 341 Å². The van der Waals surface area contributed by atoms with Crippen LogP contribution in [0.5, 0.6) is 0 Å². The number of aliphatic hydroxyl groups is 2. The van der Waals surface area contributed by atoms with Crippen molar-refractivity contribution in [3.05, 3.63) is 24.3 Å². The van der Waals surface area contributed by atoms with E-state index in [-0.39, 0.29) is 24.9 Å². The Hall–Kier alpha value is -1.66. The van der Waals surface area contributed by atoms with Crippen molar-refractivity contribution >= 4 is 11.9 Å². The van der Waals surface area contributed by atoms with Crippen molar-refractivity contribution in [1.29, 1.82) is 0 Å². The van der Waals surface area contributed by atoms with E-state index in [1.54, 1.807) is 0 Å². The van der Waals surface area contributed by atoms with Gasteiger partial charge in [-0.3, -0.25) is 9.59 Å². The largest absolute Gasteiger partial charge is 0.462 e. The third-order valence-electron chi connectivity index (χ3n) is 13.8. The molecule has 0 spiro atoms. The van der Waals surface area contributed by atoms with E-state index in [0.29, 0.717) is 19.3 Å². The summed E-state index contributed by atoms with van der Waals surface area (Å²) in [6.07, 6.45) is 63.8. The average Bonchev–Trinajstić information content (AvgIpc) is 3.31. The van der Waals surface area contributed by atoms with E-state index in [0.717, 1.165) is 64.2 Å². The van der Waals surface area contributed by atoms with Gasteiger partial charge in [0.15, 0.2) is 0 Å². The third kappa shape index (κ3) is 48.8. The minimum Gasteiger partial charge on any atom is -0.462 e. The molecule has 0 aliphatic rings. The molecule has 390 valence electrons. The summed E-state index contributed by atoms with van der Waals surface area (Å²) in [6, 6.07) is -0.703. The Kier molecular flexibility index (Phi) is 52.9. The summed E-state index contributed by atoms with van der Waals surface area (Å²) in [5.41, 5.74) is 0. The molecule has 0 aliphatic carbocycles. The Morgan fingerprint density at radius 3 is 1.18 bits per heavy atom. The molecule has 3 unspecified atom stereocenters. The first-order chi connectivity index (χ1) is 32.5. The molecular formula is C60H115NO5. The van der Waals surface area contributed by atoms with Crippen LogP contribution >= 0.6 is 0 Å². The van der Waals surface area contributed by atoms with E-state index >= 15 is 0 Å². The molecule has 3 atom stereocenters. The quantitative estimate of drug-likeness (QED) is 0.0321. The average molecular weight is 931 g/mol. The van der Waals surface area contributed by atoms with Crippen LogP contribution < -0.4 is 5.32 Å². The molecule has 0 fully saturated rings. The van der Waals surface area contributed by atoms with Crippen molar-refractivity contribution in [3.8, 4) is 0 Å². The summed E-state index contributed by atoms with van der Waals surface area (Å²) in [6.45, 7) is 6.50. The maximum absolute atomic E-state index is 13.3. The van der Waals surface area contributed by atoms with Crippen LogP contribution in [0.25, 0.3) is 0 Å². The summed E-state index contributed by atoms with van der Waals surface area (Å²) < 4.78 is 5.96. The van der Waals surface area contributed by atoms with Gasteiger partial charge in [-0.05, 0) is 57.8 Å². The van der Waals surface area contributed by atoms with Crippen molar-refractivity contribution in [2.75, 3.05) is 6.61 Å². The summed E-state index contributed by atoms with van der Waals surface area (Å²) in [5, 5.41) is 23.9. The number of carbonyl (C=O) groups is 2. The molecule has 0 aromatic heterocycles. The first-order valence-electron chi connectivity index (χ1n) is 29.6. The van der Waals surface area contributed by atoms with Gasteiger partial charge in [0.25, 0.3) is 0 Å². The van der Waals surface area contributed by atoms with Gasteiger partial charge in [0.2, 0.25) is 5.91 Å². The monoisotopic (exact) mass is 930 g/mol. The van der Waals surface area contributed by atoms with Gasteiger partial charge in [-0.2, -0.15) is 0 Å². The van der Waals surface area contributed by atoms with Crippen LogP contribution in [0.15, 0.2) is 24.3 Å². The van der Waals surface area contributed by atoms with Gasteiger partial charge in [0.05, 0.1) is 25.2 Å². The normalized spacial score (nSPS) is 13.2. The molecule has 0 aromatic carbocycles. The number of allylic oxidation sites excluding steroid dienone is 4. The Bertz CT molecular complexity index is 1040. The molecule has 6 heteroatoms. The molecule has 0 rings (SSSR count). The highest BCUT2D eigenvalue weighted by Crippen LogP contribution is 2.19. The highest BCUT2D eigenvalue weighted by molar-refractivity contribution is 5.77. The summed E-state index contributed by atoms with van der Waals surface area (Å²) >= 11 is 0. The van der Waals surface area contributed by atoms with Gasteiger partial charge < -0.3 is 20.3 Å². The van der Waals surface area contributed by atoms with Crippen LogP contribution in [0.3, 0.4) is 0 Å². The molecule has 0 aliphatic heterocycles. The van der Waals surface area contributed by atoms with Crippen molar-refractivity contribution < 1.29 is 24.5 Å². The first kappa shape index (κ1) is 64.3. The lowest BCUT2D eigenvalue weighted by molar-refractivity contribution is -0.151. The molecule has 0 saturated carbocycles. The van der Waals surface area contributed by atoms with Gasteiger partial charge in [-0.15, -0.1) is 0 Å².